The van der Waals surface area contributed by atoms with Crippen LogP contribution in [0.25, 0.3) is 0 Å². The molecule has 0 heterocycles. The van der Waals surface area contributed by atoms with E-state index >= 15 is 0 Å². The van der Waals surface area contributed by atoms with E-state index in [1.165, 1.54) is 0 Å². The van der Waals surface area contributed by atoms with Gasteiger partial charge in [0, 0.05) is 11.8 Å². The third-order valence-electron chi connectivity index (χ3n) is 5.87. The van der Waals surface area contributed by atoms with E-state index in [2.05, 4.69) is 66.8 Å². The van der Waals surface area contributed by atoms with Crippen LogP contribution < -0.4 is 0 Å². The van der Waals surface area contributed by atoms with Gasteiger partial charge in [-0.15, -0.1) is 0 Å². The van der Waals surface area contributed by atoms with E-state index in [0.29, 0.717) is 23.0 Å². The first-order chi connectivity index (χ1) is 9.58. The van der Waals surface area contributed by atoms with Gasteiger partial charge in [0.25, 0.3) is 0 Å². The van der Waals surface area contributed by atoms with Crippen LogP contribution in [-0.2, 0) is 4.79 Å². The Balaban J connectivity index is 3.19. The Bertz CT molecular complexity index is 409. The van der Waals surface area contributed by atoms with Crippen molar-refractivity contribution in [2.45, 2.75) is 84.4 Å². The Morgan fingerprint density at radius 2 is 1.57 bits per heavy atom. The molecule has 1 aliphatic carbocycles. The summed E-state index contributed by atoms with van der Waals surface area (Å²) in [5.41, 5.74) is 5.40. The molecule has 1 rings (SSSR count). The third-order valence-corrected chi connectivity index (χ3v) is 12.6. The molecule has 0 bridgehead atoms. The first kappa shape index (κ1) is 18.4. The van der Waals surface area contributed by atoms with Crippen LogP contribution in [0.2, 0.25) is 16.6 Å². The molecule has 0 spiro atoms. The lowest BCUT2D eigenvalue weighted by Crippen LogP contribution is -2.43. The van der Waals surface area contributed by atoms with Crippen molar-refractivity contribution in [1.82, 2.24) is 0 Å². The molecule has 21 heavy (non-hydrogen) atoms. The molecule has 2 heteroatoms. The molecule has 0 radical (unpaired) electrons. The number of hydrogen-bond donors (Lipinski definition) is 0. The third kappa shape index (κ3) is 3.41. The van der Waals surface area contributed by atoms with Crippen LogP contribution in [0.3, 0.4) is 0 Å². The van der Waals surface area contributed by atoms with Gasteiger partial charge < -0.3 is 0 Å². The Morgan fingerprint density at radius 3 is 2.00 bits per heavy atom. The van der Waals surface area contributed by atoms with Crippen molar-refractivity contribution < 1.29 is 4.79 Å². The Kier molecular flexibility index (Phi) is 5.82. The van der Waals surface area contributed by atoms with Gasteiger partial charge in [-0.25, -0.2) is 0 Å². The van der Waals surface area contributed by atoms with E-state index < -0.39 is 8.07 Å². The highest BCUT2D eigenvalue weighted by atomic mass is 28.3. The summed E-state index contributed by atoms with van der Waals surface area (Å²) in [4.78, 5) is 12.0. The van der Waals surface area contributed by atoms with Crippen LogP contribution in [0, 0.1) is 5.41 Å². The first-order valence-corrected chi connectivity index (χ1v) is 10.8. The second-order valence-electron chi connectivity index (χ2n) is 7.97. The summed E-state index contributed by atoms with van der Waals surface area (Å²) >= 11 is 0. The number of allylic oxidation sites excluding steroid dienone is 2. The normalized spacial score (nSPS) is 24.9. The average molecular weight is 307 g/mol. The molecular weight excluding hydrogens is 272 g/mol. The molecule has 0 aromatic carbocycles. The van der Waals surface area contributed by atoms with Crippen molar-refractivity contribution in [3.05, 3.63) is 23.9 Å². The van der Waals surface area contributed by atoms with Gasteiger partial charge in [-0.2, -0.15) is 0 Å². The van der Waals surface area contributed by atoms with Crippen LogP contribution in [-0.4, -0.2) is 13.9 Å². The number of rotatable bonds is 5. The Morgan fingerprint density at radius 1 is 1.10 bits per heavy atom. The summed E-state index contributed by atoms with van der Waals surface area (Å²) in [5, 5.41) is 0. The minimum atomic E-state index is -1.54. The number of hydrogen-bond acceptors (Lipinski definition) is 1. The van der Waals surface area contributed by atoms with E-state index in [-0.39, 0.29) is 11.2 Å². The van der Waals surface area contributed by atoms with E-state index in [0.717, 1.165) is 18.4 Å². The van der Waals surface area contributed by atoms with Gasteiger partial charge in [-0.05, 0) is 35.0 Å². The summed E-state index contributed by atoms with van der Waals surface area (Å²) in [6, 6.07) is 0. The minimum Gasteiger partial charge on any atom is -0.295 e. The fourth-order valence-corrected chi connectivity index (χ4v) is 10.1. The van der Waals surface area contributed by atoms with Gasteiger partial charge >= 0.3 is 0 Å². The molecule has 1 atom stereocenters. The molecule has 1 fully saturated rings. The molecule has 0 amide bonds. The highest BCUT2D eigenvalue weighted by Crippen LogP contribution is 2.45. The molecule has 0 aromatic heterocycles. The fraction of sp³-hybridized carbons (Fsp3) is 0.737. The van der Waals surface area contributed by atoms with Crippen LogP contribution >= 0.6 is 0 Å². The minimum absolute atomic E-state index is 0.119. The molecule has 0 saturated heterocycles. The summed E-state index contributed by atoms with van der Waals surface area (Å²) in [6.45, 7) is 20.5. The topological polar surface area (TPSA) is 17.1 Å². The maximum absolute atomic E-state index is 12.0. The van der Waals surface area contributed by atoms with Gasteiger partial charge in [0.2, 0.25) is 0 Å². The lowest BCUT2D eigenvalue weighted by Gasteiger charge is -2.42. The van der Waals surface area contributed by atoms with E-state index in [1.807, 2.05) is 0 Å². The highest BCUT2D eigenvalue weighted by Gasteiger charge is 2.41. The zero-order valence-corrected chi connectivity index (χ0v) is 16.1. The van der Waals surface area contributed by atoms with E-state index in [1.54, 1.807) is 0 Å². The van der Waals surface area contributed by atoms with Gasteiger partial charge in [0.05, 0.1) is 8.07 Å². The fourth-order valence-electron chi connectivity index (χ4n) is 4.33. The number of ketones is 1. The maximum atomic E-state index is 12.0. The SMILES string of the molecule is C=C1C(=O)CCC[C@]1(C)/C=C/[Si](C(C)C)(C(C)C)C(C)C. The van der Waals surface area contributed by atoms with Crippen molar-refractivity contribution in [3.63, 3.8) is 0 Å². The smallest absolute Gasteiger partial charge is 0.159 e. The average Bonchev–Trinajstić information content (AvgIpc) is 2.35. The largest absolute Gasteiger partial charge is 0.295 e. The zero-order valence-electron chi connectivity index (χ0n) is 15.1. The maximum Gasteiger partial charge on any atom is 0.159 e. The summed E-state index contributed by atoms with van der Waals surface area (Å²) in [6.07, 6.45) is 5.10. The van der Waals surface area contributed by atoms with E-state index in [4.69, 9.17) is 0 Å². The molecule has 1 saturated carbocycles. The van der Waals surface area contributed by atoms with Gasteiger partial charge in [-0.1, -0.05) is 66.8 Å². The van der Waals surface area contributed by atoms with E-state index in [9.17, 15) is 4.79 Å². The number of carbonyl (C=O) groups is 1. The van der Waals surface area contributed by atoms with Gasteiger partial charge in [0.15, 0.2) is 5.78 Å². The predicted octanol–water partition coefficient (Wildman–Crippen LogP) is 6.08. The van der Waals surface area contributed by atoms with Crippen LogP contribution in [0.4, 0.5) is 0 Å². The molecule has 0 N–H and O–H groups in total. The van der Waals surface area contributed by atoms with Crippen molar-refractivity contribution in [3.8, 4) is 0 Å². The summed E-state index contributed by atoms with van der Waals surface area (Å²) in [7, 11) is -1.54. The lowest BCUT2D eigenvalue weighted by molar-refractivity contribution is -0.117. The number of Topliss-reactive ketones (excluding diaryl/α,β-unsaturated/α-hetero) is 1. The van der Waals surface area contributed by atoms with Crippen molar-refractivity contribution in [2.75, 3.05) is 0 Å². The Hall–Kier alpha value is -0.633. The molecule has 0 aromatic rings. The quantitative estimate of drug-likeness (QED) is 0.444. The monoisotopic (exact) mass is 306 g/mol. The molecule has 1 aliphatic rings. The van der Waals surface area contributed by atoms with Crippen LogP contribution in [0.15, 0.2) is 23.9 Å². The van der Waals surface area contributed by atoms with Crippen molar-refractivity contribution in [2.24, 2.45) is 5.41 Å². The molecular formula is C19H34OSi. The standard InChI is InChI=1S/C19H34OSi/c1-14(2)21(15(3)4,16(5)6)13-12-19(8)11-9-10-18(20)17(19)7/h12-16H,7,9-11H2,1-6,8H3/b13-12+/t19-/m1/s1. The molecule has 1 nitrogen and oxygen atoms in total. The highest BCUT2D eigenvalue weighted by molar-refractivity contribution is 6.88. The predicted molar refractivity (Wildman–Crippen MR) is 96.3 cm³/mol. The van der Waals surface area contributed by atoms with Gasteiger partial charge in [0.1, 0.15) is 0 Å². The zero-order chi connectivity index (χ0) is 16.4. The van der Waals surface area contributed by atoms with Crippen molar-refractivity contribution in [1.29, 1.82) is 0 Å². The summed E-state index contributed by atoms with van der Waals surface area (Å²) in [5.74, 6) is 0.263. The van der Waals surface area contributed by atoms with Crippen LogP contribution in [0.5, 0.6) is 0 Å². The van der Waals surface area contributed by atoms with Crippen molar-refractivity contribution >= 4 is 13.9 Å². The Labute approximate surface area is 132 Å². The lowest BCUT2D eigenvalue weighted by atomic mass is 9.72. The van der Waals surface area contributed by atoms with Gasteiger partial charge in [-0.3, -0.25) is 4.79 Å². The molecule has 0 unspecified atom stereocenters. The molecule has 0 aliphatic heterocycles. The summed E-state index contributed by atoms with van der Waals surface area (Å²) < 4.78 is 0. The van der Waals surface area contributed by atoms with Crippen LogP contribution in [0.1, 0.15) is 67.7 Å². The first-order valence-electron chi connectivity index (χ1n) is 8.51. The molecule has 120 valence electrons. The second kappa shape index (κ2) is 6.64. The number of carbonyl (C=O) groups excluding carboxylic acids is 1. The second-order valence-corrected chi connectivity index (χ2v) is 13.8.